The molecule has 0 amide bonds. The molecule has 0 atom stereocenters. The van der Waals surface area contributed by atoms with Gasteiger partial charge in [0.2, 0.25) is 0 Å². The van der Waals surface area contributed by atoms with Gasteiger partial charge in [-0.3, -0.25) is 4.99 Å². The number of hydrogen-bond acceptors (Lipinski definition) is 3. The van der Waals surface area contributed by atoms with Gasteiger partial charge in [0.15, 0.2) is 0 Å². The molecule has 1 rings (SSSR count). The SMILES string of the molecule is CCCCCCCC=Nc1ccccc1C(=O)OC. The lowest BCUT2D eigenvalue weighted by Gasteiger charge is -2.02. The second-order valence-corrected chi connectivity index (χ2v) is 4.52. The zero-order valence-corrected chi connectivity index (χ0v) is 11.9. The quantitative estimate of drug-likeness (QED) is 0.391. The van der Waals surface area contributed by atoms with Crippen LogP contribution in [-0.4, -0.2) is 19.3 Å². The van der Waals surface area contributed by atoms with Gasteiger partial charge in [0.05, 0.1) is 18.4 Å². The smallest absolute Gasteiger partial charge is 0.340 e. The van der Waals surface area contributed by atoms with Crippen LogP contribution in [0.15, 0.2) is 29.3 Å². The van der Waals surface area contributed by atoms with E-state index in [1.165, 1.54) is 32.8 Å². The van der Waals surface area contributed by atoms with Crippen LogP contribution < -0.4 is 0 Å². The summed E-state index contributed by atoms with van der Waals surface area (Å²) in [6.07, 6.45) is 9.13. The van der Waals surface area contributed by atoms with Gasteiger partial charge in [0.25, 0.3) is 0 Å². The number of benzene rings is 1. The molecule has 0 spiro atoms. The van der Waals surface area contributed by atoms with Crippen molar-refractivity contribution in [2.45, 2.75) is 45.4 Å². The number of methoxy groups -OCH3 is 1. The van der Waals surface area contributed by atoms with E-state index < -0.39 is 0 Å². The van der Waals surface area contributed by atoms with Crippen LogP contribution in [0.1, 0.15) is 55.8 Å². The fourth-order valence-corrected chi connectivity index (χ4v) is 1.87. The van der Waals surface area contributed by atoms with Crippen molar-refractivity contribution in [3.05, 3.63) is 29.8 Å². The minimum atomic E-state index is -0.337. The van der Waals surface area contributed by atoms with Gasteiger partial charge in [-0.15, -0.1) is 0 Å². The number of rotatable bonds is 8. The van der Waals surface area contributed by atoms with Gasteiger partial charge >= 0.3 is 5.97 Å². The Bertz CT molecular complexity index is 413. The molecule has 0 saturated heterocycles. The molecule has 1 aromatic rings. The average Bonchev–Trinajstić information content (AvgIpc) is 2.46. The number of hydrogen-bond donors (Lipinski definition) is 0. The molecule has 0 aliphatic rings. The number of carbonyl (C=O) groups is 1. The Labute approximate surface area is 115 Å². The maximum atomic E-state index is 11.5. The van der Waals surface area contributed by atoms with E-state index >= 15 is 0 Å². The highest BCUT2D eigenvalue weighted by molar-refractivity contribution is 5.95. The Kier molecular flexibility index (Phi) is 7.56. The first kappa shape index (κ1) is 15.4. The fourth-order valence-electron chi connectivity index (χ4n) is 1.87. The van der Waals surface area contributed by atoms with E-state index in [9.17, 15) is 4.79 Å². The highest BCUT2D eigenvalue weighted by Crippen LogP contribution is 2.19. The molecule has 0 unspecified atom stereocenters. The topological polar surface area (TPSA) is 38.7 Å². The van der Waals surface area contributed by atoms with Gasteiger partial charge < -0.3 is 4.74 Å². The third-order valence-electron chi connectivity index (χ3n) is 2.98. The highest BCUT2D eigenvalue weighted by Gasteiger charge is 2.09. The summed E-state index contributed by atoms with van der Waals surface area (Å²) in [5.74, 6) is -0.337. The molecular formula is C16H23NO2. The van der Waals surface area contributed by atoms with Gasteiger partial charge in [0.1, 0.15) is 0 Å². The minimum absolute atomic E-state index is 0.337. The molecule has 0 N–H and O–H groups in total. The first-order valence-corrected chi connectivity index (χ1v) is 6.99. The summed E-state index contributed by atoms with van der Waals surface area (Å²) in [7, 11) is 1.39. The summed E-state index contributed by atoms with van der Waals surface area (Å²) < 4.78 is 4.74. The number of para-hydroxylation sites is 1. The van der Waals surface area contributed by atoms with E-state index in [2.05, 4.69) is 11.9 Å². The van der Waals surface area contributed by atoms with Crippen LogP contribution in [0.2, 0.25) is 0 Å². The molecule has 0 bridgehead atoms. The third-order valence-corrected chi connectivity index (χ3v) is 2.98. The molecule has 0 radical (unpaired) electrons. The van der Waals surface area contributed by atoms with E-state index in [0.29, 0.717) is 11.3 Å². The van der Waals surface area contributed by atoms with E-state index in [4.69, 9.17) is 4.74 Å². The van der Waals surface area contributed by atoms with E-state index in [1.807, 2.05) is 24.4 Å². The Hall–Kier alpha value is -1.64. The van der Waals surface area contributed by atoms with Gasteiger partial charge in [-0.25, -0.2) is 4.79 Å². The normalized spacial score (nSPS) is 10.8. The molecule has 0 heterocycles. The molecule has 3 nitrogen and oxygen atoms in total. The van der Waals surface area contributed by atoms with Crippen molar-refractivity contribution in [1.29, 1.82) is 0 Å². The summed E-state index contributed by atoms with van der Waals surface area (Å²) in [4.78, 5) is 15.9. The van der Waals surface area contributed by atoms with Crippen LogP contribution in [0, 0.1) is 0 Å². The molecule has 0 saturated carbocycles. The maximum Gasteiger partial charge on any atom is 0.340 e. The lowest BCUT2D eigenvalue weighted by molar-refractivity contribution is 0.0601. The number of esters is 1. The predicted octanol–water partition coefficient (Wildman–Crippen LogP) is 4.54. The Balaban J connectivity index is 2.45. The lowest BCUT2D eigenvalue weighted by atomic mass is 10.1. The van der Waals surface area contributed by atoms with E-state index in [-0.39, 0.29) is 5.97 Å². The standard InChI is InChI=1S/C16H23NO2/c1-3-4-5-6-7-10-13-17-15-12-9-8-11-14(15)16(18)19-2/h8-9,11-13H,3-7,10H2,1-2H3. The molecule has 0 aliphatic heterocycles. The zero-order valence-electron chi connectivity index (χ0n) is 11.9. The van der Waals surface area contributed by atoms with Crippen LogP contribution in [0.25, 0.3) is 0 Å². The summed E-state index contributed by atoms with van der Waals surface area (Å²) in [5, 5.41) is 0. The third kappa shape index (κ3) is 5.69. The van der Waals surface area contributed by atoms with E-state index in [1.54, 1.807) is 6.07 Å². The molecule has 0 fully saturated rings. The van der Waals surface area contributed by atoms with Crippen molar-refractivity contribution in [2.75, 3.05) is 7.11 Å². The van der Waals surface area contributed by atoms with Crippen LogP contribution in [0.4, 0.5) is 5.69 Å². The summed E-state index contributed by atoms with van der Waals surface area (Å²) in [6.45, 7) is 2.21. The highest BCUT2D eigenvalue weighted by atomic mass is 16.5. The van der Waals surface area contributed by atoms with Gasteiger partial charge in [-0.1, -0.05) is 44.7 Å². The van der Waals surface area contributed by atoms with Crippen molar-refractivity contribution in [3.63, 3.8) is 0 Å². The molecule has 19 heavy (non-hydrogen) atoms. The van der Waals surface area contributed by atoms with E-state index in [0.717, 1.165) is 12.8 Å². The van der Waals surface area contributed by atoms with Crippen LogP contribution in [0.5, 0.6) is 0 Å². The van der Waals surface area contributed by atoms with Crippen LogP contribution in [-0.2, 0) is 4.74 Å². The molecule has 0 aromatic heterocycles. The van der Waals surface area contributed by atoms with Gasteiger partial charge in [-0.05, 0) is 25.0 Å². The monoisotopic (exact) mass is 261 g/mol. The van der Waals surface area contributed by atoms with Crippen molar-refractivity contribution < 1.29 is 9.53 Å². The number of unbranched alkanes of at least 4 members (excludes halogenated alkanes) is 5. The number of ether oxygens (including phenoxy) is 1. The summed E-state index contributed by atoms with van der Waals surface area (Å²) in [6, 6.07) is 7.26. The van der Waals surface area contributed by atoms with Crippen molar-refractivity contribution >= 4 is 17.9 Å². The van der Waals surface area contributed by atoms with Gasteiger partial charge in [-0.2, -0.15) is 0 Å². The van der Waals surface area contributed by atoms with Crippen molar-refractivity contribution in [2.24, 2.45) is 4.99 Å². The molecular weight excluding hydrogens is 238 g/mol. The predicted molar refractivity (Wildman–Crippen MR) is 79.3 cm³/mol. The Morgan fingerprint density at radius 3 is 2.68 bits per heavy atom. The first-order chi connectivity index (χ1) is 9.29. The maximum absolute atomic E-state index is 11.5. The number of aliphatic imine (C=N–C) groups is 1. The second-order valence-electron chi connectivity index (χ2n) is 4.52. The zero-order chi connectivity index (χ0) is 13.9. The number of nitrogens with zero attached hydrogens (tertiary/aromatic N) is 1. The average molecular weight is 261 g/mol. The first-order valence-electron chi connectivity index (χ1n) is 6.99. The van der Waals surface area contributed by atoms with Crippen LogP contribution >= 0.6 is 0 Å². The molecule has 104 valence electrons. The molecule has 0 aliphatic carbocycles. The van der Waals surface area contributed by atoms with Gasteiger partial charge in [0, 0.05) is 6.21 Å². The summed E-state index contributed by atoms with van der Waals surface area (Å²) >= 11 is 0. The lowest BCUT2D eigenvalue weighted by Crippen LogP contribution is -2.01. The Morgan fingerprint density at radius 2 is 1.95 bits per heavy atom. The summed E-state index contributed by atoms with van der Waals surface area (Å²) in [5.41, 5.74) is 1.20. The molecule has 3 heteroatoms. The minimum Gasteiger partial charge on any atom is -0.465 e. The van der Waals surface area contributed by atoms with Crippen LogP contribution in [0.3, 0.4) is 0 Å². The fraction of sp³-hybridized carbons (Fsp3) is 0.500. The van der Waals surface area contributed by atoms with Crippen molar-refractivity contribution in [3.8, 4) is 0 Å². The molecule has 1 aromatic carbocycles. The largest absolute Gasteiger partial charge is 0.465 e. The number of carbonyl (C=O) groups excluding carboxylic acids is 1. The Morgan fingerprint density at radius 1 is 1.21 bits per heavy atom. The van der Waals surface area contributed by atoms with Crippen molar-refractivity contribution in [1.82, 2.24) is 0 Å². The second kappa shape index (κ2) is 9.31.